The van der Waals surface area contributed by atoms with Gasteiger partial charge in [-0.1, -0.05) is 0 Å². The molecule has 0 fully saturated rings. The number of hydrogen-bond donors (Lipinski definition) is 1. The third kappa shape index (κ3) is 2.98. The molecule has 0 aliphatic carbocycles. The molecule has 1 N–H and O–H groups in total. The van der Waals surface area contributed by atoms with Crippen LogP contribution >= 0.6 is 0 Å². The summed E-state index contributed by atoms with van der Waals surface area (Å²) in [5.41, 5.74) is 6.02. The molecular weight excluding hydrogens is 199 g/mol. The Morgan fingerprint density at radius 3 is 2.18 bits per heavy atom. The summed E-state index contributed by atoms with van der Waals surface area (Å²) >= 11 is -0.553. The van der Waals surface area contributed by atoms with E-state index in [1.165, 1.54) is 10.8 Å². The van der Waals surface area contributed by atoms with Gasteiger partial charge >= 0.3 is 72.0 Å². The van der Waals surface area contributed by atoms with Gasteiger partial charge < -0.3 is 0 Å². The normalized spacial score (nSPS) is 10.5. The molecule has 0 saturated carbocycles. The van der Waals surface area contributed by atoms with Crippen LogP contribution in [0, 0.1) is 0 Å². The molecule has 0 aliphatic rings. The molecule has 0 spiro atoms. The summed E-state index contributed by atoms with van der Waals surface area (Å²) in [4.78, 5) is 0. The number of benzene rings is 1. The van der Waals surface area contributed by atoms with Crippen molar-refractivity contribution in [2.24, 2.45) is 0 Å². The van der Waals surface area contributed by atoms with Crippen molar-refractivity contribution < 1.29 is 5.11 Å². The maximum atomic E-state index is 9.00. The van der Waals surface area contributed by atoms with Crippen molar-refractivity contribution in [2.75, 3.05) is 0 Å². The zero-order valence-electron chi connectivity index (χ0n) is 6.91. The molecule has 0 aromatic heterocycles. The fourth-order valence-electron chi connectivity index (χ4n) is 0.967. The van der Waals surface area contributed by atoms with Crippen LogP contribution in [0.3, 0.4) is 0 Å². The van der Waals surface area contributed by atoms with E-state index in [1.54, 1.807) is 12.1 Å². The van der Waals surface area contributed by atoms with Crippen molar-refractivity contribution in [2.45, 2.75) is 16.6 Å². The Balaban J connectivity index is 2.66. The summed E-state index contributed by atoms with van der Waals surface area (Å²) in [6, 6.07) is 7.52. The average Bonchev–Trinajstić information content (AvgIpc) is 1.93. The SMILES string of the molecule is C[As](C)Cc1ccc(O)cc1. The summed E-state index contributed by atoms with van der Waals surface area (Å²) in [6.45, 7) is 0. The molecule has 0 radical (unpaired) electrons. The number of rotatable bonds is 2. The van der Waals surface area contributed by atoms with Crippen LogP contribution in [0.2, 0.25) is 11.4 Å². The molecule has 0 unspecified atom stereocenters. The first-order chi connectivity index (χ1) is 5.18. The number of aromatic hydroxyl groups is 1. The average molecular weight is 212 g/mol. The molecule has 11 heavy (non-hydrogen) atoms. The molecule has 0 aliphatic heterocycles. The maximum absolute atomic E-state index is 9.00. The van der Waals surface area contributed by atoms with Gasteiger partial charge in [-0.2, -0.15) is 0 Å². The molecule has 0 heterocycles. The zero-order chi connectivity index (χ0) is 8.27. The van der Waals surface area contributed by atoms with Gasteiger partial charge in [-0.25, -0.2) is 0 Å². The van der Waals surface area contributed by atoms with E-state index in [1.807, 2.05) is 12.1 Å². The van der Waals surface area contributed by atoms with Gasteiger partial charge in [-0.15, -0.1) is 0 Å². The monoisotopic (exact) mass is 212 g/mol. The van der Waals surface area contributed by atoms with E-state index in [4.69, 9.17) is 5.11 Å². The van der Waals surface area contributed by atoms with E-state index in [-0.39, 0.29) is 0 Å². The van der Waals surface area contributed by atoms with Crippen molar-refractivity contribution in [1.82, 2.24) is 0 Å². The molecule has 60 valence electrons. The molecule has 1 aromatic carbocycles. The van der Waals surface area contributed by atoms with Crippen LogP contribution in [0.25, 0.3) is 0 Å². The standard InChI is InChI=1S/C9H13AsO/c1-10(2)7-8-3-5-9(11)6-4-8/h3-6,11H,7H2,1-2H3. The first-order valence-corrected chi connectivity index (χ1v) is 8.69. The summed E-state index contributed by atoms with van der Waals surface area (Å²) in [5.74, 6) is 0.361. The van der Waals surface area contributed by atoms with Gasteiger partial charge in [0.15, 0.2) is 0 Å². The summed E-state index contributed by atoms with van der Waals surface area (Å²) in [6.07, 6.45) is 0. The molecule has 0 amide bonds. The van der Waals surface area contributed by atoms with Crippen LogP contribution in [0.5, 0.6) is 5.75 Å². The van der Waals surface area contributed by atoms with E-state index in [2.05, 4.69) is 11.4 Å². The molecule has 1 nitrogen and oxygen atoms in total. The van der Waals surface area contributed by atoms with E-state index in [0.717, 1.165) is 0 Å². The van der Waals surface area contributed by atoms with Crippen LogP contribution in [0.1, 0.15) is 5.56 Å². The van der Waals surface area contributed by atoms with E-state index in [9.17, 15) is 0 Å². The zero-order valence-corrected chi connectivity index (χ0v) is 8.79. The molecule has 2 heteroatoms. The third-order valence-electron chi connectivity index (χ3n) is 1.44. The Bertz CT molecular complexity index is 216. The van der Waals surface area contributed by atoms with E-state index < -0.39 is 14.7 Å². The molecule has 0 atom stereocenters. The fourth-order valence-corrected chi connectivity index (χ4v) is 2.94. The molecule has 1 aromatic rings. The predicted octanol–water partition coefficient (Wildman–Crippen LogP) is 2.23. The van der Waals surface area contributed by atoms with Crippen molar-refractivity contribution in [1.29, 1.82) is 0 Å². The molecule has 0 saturated heterocycles. The summed E-state index contributed by atoms with van der Waals surface area (Å²) in [5, 5.41) is 10.2. The Kier molecular flexibility index (Phi) is 3.01. The van der Waals surface area contributed by atoms with Crippen molar-refractivity contribution in [3.05, 3.63) is 29.8 Å². The van der Waals surface area contributed by atoms with Gasteiger partial charge in [0, 0.05) is 0 Å². The van der Waals surface area contributed by atoms with Gasteiger partial charge in [0.05, 0.1) is 0 Å². The van der Waals surface area contributed by atoms with Crippen LogP contribution < -0.4 is 0 Å². The molecule has 0 bridgehead atoms. The summed E-state index contributed by atoms with van der Waals surface area (Å²) in [7, 11) is 0. The van der Waals surface area contributed by atoms with Gasteiger partial charge in [-0.3, -0.25) is 0 Å². The second kappa shape index (κ2) is 3.82. The van der Waals surface area contributed by atoms with Crippen LogP contribution in [-0.2, 0) is 5.21 Å². The topological polar surface area (TPSA) is 20.2 Å². The first kappa shape index (κ1) is 8.67. The van der Waals surface area contributed by atoms with Gasteiger partial charge in [0.1, 0.15) is 0 Å². The van der Waals surface area contributed by atoms with Gasteiger partial charge in [0.2, 0.25) is 0 Å². The van der Waals surface area contributed by atoms with Gasteiger partial charge in [0.25, 0.3) is 0 Å². The third-order valence-corrected chi connectivity index (χ3v) is 3.53. The number of phenolic OH excluding ortho intramolecular Hbond substituents is 1. The Morgan fingerprint density at radius 1 is 1.18 bits per heavy atom. The minimum absolute atomic E-state index is 0.361. The Hall–Kier alpha value is -0.422. The van der Waals surface area contributed by atoms with Crippen LogP contribution in [-0.4, -0.2) is 19.8 Å². The van der Waals surface area contributed by atoms with Crippen LogP contribution in [0.15, 0.2) is 24.3 Å². The summed E-state index contributed by atoms with van der Waals surface area (Å²) < 4.78 is 0. The minimum atomic E-state index is -0.553. The number of phenols is 1. The fraction of sp³-hybridized carbons (Fsp3) is 0.333. The van der Waals surface area contributed by atoms with Crippen molar-refractivity contribution >= 4 is 14.7 Å². The Labute approximate surface area is 72.3 Å². The second-order valence-electron chi connectivity index (χ2n) is 2.90. The van der Waals surface area contributed by atoms with Crippen LogP contribution in [0.4, 0.5) is 0 Å². The first-order valence-electron chi connectivity index (χ1n) is 3.61. The Morgan fingerprint density at radius 2 is 1.73 bits per heavy atom. The predicted molar refractivity (Wildman–Crippen MR) is 49.3 cm³/mol. The van der Waals surface area contributed by atoms with E-state index in [0.29, 0.717) is 5.75 Å². The second-order valence-corrected chi connectivity index (χ2v) is 8.10. The van der Waals surface area contributed by atoms with Gasteiger partial charge in [-0.05, 0) is 0 Å². The molecular formula is C9H13AsO. The quantitative estimate of drug-likeness (QED) is 0.745. The van der Waals surface area contributed by atoms with Crippen molar-refractivity contribution in [3.63, 3.8) is 0 Å². The van der Waals surface area contributed by atoms with Crippen molar-refractivity contribution in [3.8, 4) is 5.75 Å². The molecule has 1 rings (SSSR count). The number of hydrogen-bond acceptors (Lipinski definition) is 1. The van der Waals surface area contributed by atoms with E-state index >= 15 is 0 Å².